The summed E-state index contributed by atoms with van der Waals surface area (Å²) in [5, 5.41) is 0. The molecule has 0 aliphatic carbocycles. The van der Waals surface area contributed by atoms with Gasteiger partial charge in [0.1, 0.15) is 17.3 Å². The van der Waals surface area contributed by atoms with E-state index in [0.717, 1.165) is 35.9 Å². The molecule has 1 aliphatic heterocycles. The van der Waals surface area contributed by atoms with Gasteiger partial charge in [-0.3, -0.25) is 4.79 Å². The second-order valence-corrected chi connectivity index (χ2v) is 5.51. The topological polar surface area (TPSA) is 42.7 Å². The first-order valence-electron chi connectivity index (χ1n) is 7.36. The van der Waals surface area contributed by atoms with Gasteiger partial charge in [-0.05, 0) is 48.4 Å². The molecule has 0 spiro atoms. The first-order valence-corrected chi connectivity index (χ1v) is 7.36. The molecule has 1 aromatic carbocycles. The van der Waals surface area contributed by atoms with Crippen molar-refractivity contribution in [1.82, 2.24) is 4.90 Å². The van der Waals surface area contributed by atoms with Crippen molar-refractivity contribution in [2.45, 2.75) is 19.9 Å². The van der Waals surface area contributed by atoms with Crippen molar-refractivity contribution in [3.63, 3.8) is 0 Å². The number of furan rings is 1. The summed E-state index contributed by atoms with van der Waals surface area (Å²) in [6.45, 7) is 3.10. The van der Waals surface area contributed by atoms with Crippen LogP contribution in [0.25, 0.3) is 6.08 Å². The van der Waals surface area contributed by atoms with E-state index < -0.39 is 0 Å². The lowest BCUT2D eigenvalue weighted by Gasteiger charge is -2.13. The summed E-state index contributed by atoms with van der Waals surface area (Å²) in [6, 6.07) is 9.78. The van der Waals surface area contributed by atoms with Crippen molar-refractivity contribution in [2.24, 2.45) is 0 Å². The van der Waals surface area contributed by atoms with Crippen LogP contribution in [0.3, 0.4) is 0 Å². The van der Waals surface area contributed by atoms with E-state index in [4.69, 9.17) is 9.15 Å². The van der Waals surface area contributed by atoms with Crippen LogP contribution >= 0.6 is 0 Å². The Morgan fingerprint density at radius 2 is 2.18 bits per heavy atom. The van der Waals surface area contributed by atoms with Gasteiger partial charge in [0.25, 0.3) is 0 Å². The largest absolute Gasteiger partial charge is 0.493 e. The molecule has 22 heavy (non-hydrogen) atoms. The number of hydrogen-bond donors (Lipinski definition) is 0. The van der Waals surface area contributed by atoms with Crippen LogP contribution < -0.4 is 4.74 Å². The Bertz CT molecular complexity index is 715. The van der Waals surface area contributed by atoms with Crippen molar-refractivity contribution in [3.05, 3.63) is 59.1 Å². The Hall–Kier alpha value is -2.49. The normalized spacial score (nSPS) is 13.2. The van der Waals surface area contributed by atoms with Crippen LogP contribution in [0.2, 0.25) is 0 Å². The van der Waals surface area contributed by atoms with Crippen LogP contribution in [-0.4, -0.2) is 24.5 Å². The van der Waals surface area contributed by atoms with Gasteiger partial charge in [-0.15, -0.1) is 0 Å². The number of carbonyl (C=O) groups excluding carboxylic acids is 1. The summed E-state index contributed by atoms with van der Waals surface area (Å²) in [7, 11) is 1.76. The van der Waals surface area contributed by atoms with Crippen LogP contribution in [-0.2, 0) is 17.8 Å². The fourth-order valence-corrected chi connectivity index (χ4v) is 2.49. The number of fused-ring (bicyclic) bond motifs is 1. The van der Waals surface area contributed by atoms with Crippen LogP contribution in [0.5, 0.6) is 5.75 Å². The van der Waals surface area contributed by atoms with Crippen LogP contribution in [0.15, 0.2) is 40.8 Å². The quantitative estimate of drug-likeness (QED) is 0.814. The highest BCUT2D eigenvalue weighted by Crippen LogP contribution is 2.26. The molecule has 4 heteroatoms. The van der Waals surface area contributed by atoms with Gasteiger partial charge in [-0.2, -0.15) is 0 Å². The minimum absolute atomic E-state index is 0.0502. The number of rotatable bonds is 4. The van der Waals surface area contributed by atoms with E-state index in [9.17, 15) is 4.79 Å². The van der Waals surface area contributed by atoms with Gasteiger partial charge in [0.2, 0.25) is 5.91 Å². The maximum Gasteiger partial charge on any atom is 0.246 e. The molecule has 0 atom stereocenters. The zero-order chi connectivity index (χ0) is 15.5. The molecule has 1 amide bonds. The maximum absolute atomic E-state index is 12.1. The Balaban J connectivity index is 1.63. The third-order valence-corrected chi connectivity index (χ3v) is 3.70. The lowest BCUT2D eigenvalue weighted by molar-refractivity contribution is -0.125. The SMILES string of the molecule is Cc1ccc(CN(C)C(=O)/C=C/c2ccc3c(c2)CCO3)o1. The molecule has 0 saturated carbocycles. The summed E-state index contributed by atoms with van der Waals surface area (Å²) < 4.78 is 11.0. The van der Waals surface area contributed by atoms with Gasteiger partial charge in [0.05, 0.1) is 13.2 Å². The molecule has 0 bridgehead atoms. The molecule has 4 nitrogen and oxygen atoms in total. The molecular formula is C18H19NO3. The number of aryl methyl sites for hydroxylation is 1. The molecule has 2 aromatic rings. The van der Waals surface area contributed by atoms with Crippen LogP contribution in [0, 0.1) is 6.92 Å². The van der Waals surface area contributed by atoms with Crippen LogP contribution in [0.4, 0.5) is 0 Å². The average molecular weight is 297 g/mol. The summed E-state index contributed by atoms with van der Waals surface area (Å²) in [4.78, 5) is 13.8. The zero-order valence-corrected chi connectivity index (χ0v) is 12.8. The van der Waals surface area contributed by atoms with E-state index in [1.165, 1.54) is 5.56 Å². The summed E-state index contributed by atoms with van der Waals surface area (Å²) in [5.74, 6) is 2.54. The molecule has 3 rings (SSSR count). The third kappa shape index (κ3) is 3.22. The standard InChI is InChI=1S/C18H19NO3/c1-13-3-6-16(22-13)12-19(2)18(20)8-5-14-4-7-17-15(11-14)9-10-21-17/h3-8,11H,9-10,12H2,1-2H3/b8-5+. The Morgan fingerprint density at radius 1 is 1.32 bits per heavy atom. The molecule has 0 radical (unpaired) electrons. The molecule has 1 aliphatic rings. The Morgan fingerprint density at radius 3 is 2.95 bits per heavy atom. The van der Waals surface area contributed by atoms with Gasteiger partial charge in [0, 0.05) is 19.5 Å². The maximum atomic E-state index is 12.1. The number of likely N-dealkylation sites (N-methyl/N-ethyl adjacent to an activating group) is 1. The highest BCUT2D eigenvalue weighted by Gasteiger charge is 2.12. The molecule has 114 valence electrons. The minimum atomic E-state index is -0.0502. The predicted octanol–water partition coefficient (Wildman–Crippen LogP) is 3.19. The molecule has 0 N–H and O–H groups in total. The molecule has 0 unspecified atom stereocenters. The molecule has 2 heterocycles. The molecular weight excluding hydrogens is 278 g/mol. The van der Waals surface area contributed by atoms with E-state index in [-0.39, 0.29) is 5.91 Å². The van der Waals surface area contributed by atoms with Gasteiger partial charge in [-0.25, -0.2) is 0 Å². The highest BCUT2D eigenvalue weighted by molar-refractivity contribution is 5.91. The number of amides is 1. The fourth-order valence-electron chi connectivity index (χ4n) is 2.49. The van der Waals surface area contributed by atoms with E-state index in [1.54, 1.807) is 18.0 Å². The summed E-state index contributed by atoms with van der Waals surface area (Å²) in [6.07, 6.45) is 4.36. The predicted molar refractivity (Wildman–Crippen MR) is 84.6 cm³/mol. The second kappa shape index (κ2) is 6.10. The van der Waals surface area contributed by atoms with E-state index in [0.29, 0.717) is 6.54 Å². The third-order valence-electron chi connectivity index (χ3n) is 3.70. The number of benzene rings is 1. The monoisotopic (exact) mass is 297 g/mol. The number of ether oxygens (including phenoxy) is 1. The second-order valence-electron chi connectivity index (χ2n) is 5.51. The van der Waals surface area contributed by atoms with E-state index in [2.05, 4.69) is 6.07 Å². The minimum Gasteiger partial charge on any atom is -0.493 e. The van der Waals surface area contributed by atoms with E-state index in [1.807, 2.05) is 37.3 Å². The van der Waals surface area contributed by atoms with E-state index >= 15 is 0 Å². The number of nitrogens with zero attached hydrogens (tertiary/aromatic N) is 1. The zero-order valence-electron chi connectivity index (χ0n) is 12.8. The first kappa shape index (κ1) is 14.4. The number of hydrogen-bond acceptors (Lipinski definition) is 3. The fraction of sp³-hybridized carbons (Fsp3) is 0.278. The van der Waals surface area contributed by atoms with Crippen molar-refractivity contribution in [3.8, 4) is 5.75 Å². The smallest absolute Gasteiger partial charge is 0.246 e. The van der Waals surface area contributed by atoms with Crippen molar-refractivity contribution >= 4 is 12.0 Å². The Kier molecular flexibility index (Phi) is 4.00. The highest BCUT2D eigenvalue weighted by atomic mass is 16.5. The van der Waals surface area contributed by atoms with Crippen molar-refractivity contribution in [2.75, 3.05) is 13.7 Å². The molecule has 0 fully saturated rings. The van der Waals surface area contributed by atoms with Gasteiger partial charge in [-0.1, -0.05) is 6.07 Å². The number of carbonyl (C=O) groups is 1. The van der Waals surface area contributed by atoms with Gasteiger partial charge in [0.15, 0.2) is 0 Å². The van der Waals surface area contributed by atoms with Gasteiger partial charge >= 0.3 is 0 Å². The Labute approximate surface area is 130 Å². The van der Waals surface area contributed by atoms with Crippen molar-refractivity contribution < 1.29 is 13.9 Å². The summed E-state index contributed by atoms with van der Waals surface area (Å²) >= 11 is 0. The average Bonchev–Trinajstić information content (AvgIpc) is 3.12. The molecule has 1 aromatic heterocycles. The van der Waals surface area contributed by atoms with Gasteiger partial charge < -0.3 is 14.1 Å². The lowest BCUT2D eigenvalue weighted by Crippen LogP contribution is -2.23. The van der Waals surface area contributed by atoms with Crippen molar-refractivity contribution in [1.29, 1.82) is 0 Å². The lowest BCUT2D eigenvalue weighted by atomic mass is 10.1. The first-order chi connectivity index (χ1) is 10.6. The summed E-state index contributed by atoms with van der Waals surface area (Å²) in [5.41, 5.74) is 2.22. The van der Waals surface area contributed by atoms with Crippen LogP contribution in [0.1, 0.15) is 22.6 Å². The molecule has 0 saturated heterocycles.